The van der Waals surface area contributed by atoms with E-state index in [0.29, 0.717) is 12.5 Å². The molecule has 0 atom stereocenters. The van der Waals surface area contributed by atoms with Gasteiger partial charge < -0.3 is 10.6 Å². The second-order valence-corrected chi connectivity index (χ2v) is 7.04. The zero-order valence-electron chi connectivity index (χ0n) is 15.2. The van der Waals surface area contributed by atoms with Crippen molar-refractivity contribution in [3.05, 3.63) is 51.7 Å². The third kappa shape index (κ3) is 6.82. The van der Waals surface area contributed by atoms with Crippen LogP contribution in [0.3, 0.4) is 0 Å². The molecule has 0 fully saturated rings. The van der Waals surface area contributed by atoms with Gasteiger partial charge in [0.25, 0.3) is 0 Å². The SMILES string of the molecule is CCNC(=NCCc1csc(C(C)C)n1)NCCc1ccc(F)cc1. The lowest BCUT2D eigenvalue weighted by Gasteiger charge is -2.11. The van der Waals surface area contributed by atoms with Gasteiger partial charge in [-0.15, -0.1) is 11.3 Å². The highest BCUT2D eigenvalue weighted by Gasteiger charge is 2.05. The van der Waals surface area contributed by atoms with E-state index in [-0.39, 0.29) is 5.82 Å². The predicted molar refractivity (Wildman–Crippen MR) is 104 cm³/mol. The Bertz CT molecular complexity index is 664. The molecule has 1 aromatic heterocycles. The van der Waals surface area contributed by atoms with E-state index in [2.05, 4.69) is 39.8 Å². The second-order valence-electron chi connectivity index (χ2n) is 6.15. The molecule has 0 saturated carbocycles. The van der Waals surface area contributed by atoms with E-state index in [1.807, 2.05) is 19.1 Å². The molecule has 0 bridgehead atoms. The third-order valence-electron chi connectivity index (χ3n) is 3.66. The van der Waals surface area contributed by atoms with E-state index in [1.54, 1.807) is 11.3 Å². The molecule has 0 unspecified atom stereocenters. The monoisotopic (exact) mass is 362 g/mol. The minimum absolute atomic E-state index is 0.200. The number of halogens is 1. The topological polar surface area (TPSA) is 49.3 Å². The van der Waals surface area contributed by atoms with Gasteiger partial charge in [-0.3, -0.25) is 4.99 Å². The first-order valence-corrected chi connectivity index (χ1v) is 9.67. The van der Waals surface area contributed by atoms with Crippen LogP contribution in [0.15, 0.2) is 34.6 Å². The Balaban J connectivity index is 1.79. The summed E-state index contributed by atoms with van der Waals surface area (Å²) in [5.41, 5.74) is 2.22. The molecular weight excluding hydrogens is 335 g/mol. The smallest absolute Gasteiger partial charge is 0.191 e. The van der Waals surface area contributed by atoms with Crippen molar-refractivity contribution in [1.29, 1.82) is 0 Å². The highest BCUT2D eigenvalue weighted by atomic mass is 32.1. The lowest BCUT2D eigenvalue weighted by atomic mass is 10.1. The average molecular weight is 363 g/mol. The minimum atomic E-state index is -0.200. The molecular formula is C19H27FN4S. The van der Waals surface area contributed by atoms with E-state index in [4.69, 9.17) is 0 Å². The number of guanidine groups is 1. The van der Waals surface area contributed by atoms with Gasteiger partial charge in [-0.05, 0) is 31.0 Å². The van der Waals surface area contributed by atoms with E-state index >= 15 is 0 Å². The number of nitrogens with zero attached hydrogens (tertiary/aromatic N) is 2. The third-order valence-corrected chi connectivity index (χ3v) is 4.86. The van der Waals surface area contributed by atoms with Crippen LogP contribution in [0.25, 0.3) is 0 Å². The first-order valence-electron chi connectivity index (χ1n) is 8.79. The van der Waals surface area contributed by atoms with E-state index in [1.165, 1.54) is 17.1 Å². The summed E-state index contributed by atoms with van der Waals surface area (Å²) in [6.45, 7) is 8.64. The quantitative estimate of drug-likeness (QED) is 0.555. The second kappa shape index (κ2) is 10.1. The van der Waals surface area contributed by atoms with Crippen LogP contribution in [0, 0.1) is 5.82 Å². The fourth-order valence-corrected chi connectivity index (χ4v) is 3.17. The van der Waals surface area contributed by atoms with Crippen molar-refractivity contribution in [1.82, 2.24) is 15.6 Å². The maximum atomic E-state index is 12.9. The number of hydrogen-bond acceptors (Lipinski definition) is 3. The van der Waals surface area contributed by atoms with Crippen LogP contribution in [0.5, 0.6) is 0 Å². The van der Waals surface area contributed by atoms with Crippen molar-refractivity contribution in [2.45, 2.75) is 39.5 Å². The number of benzene rings is 1. The minimum Gasteiger partial charge on any atom is -0.357 e. The number of rotatable bonds is 8. The summed E-state index contributed by atoms with van der Waals surface area (Å²) >= 11 is 1.72. The van der Waals surface area contributed by atoms with Crippen LogP contribution in [-0.4, -0.2) is 30.6 Å². The van der Waals surface area contributed by atoms with Crippen LogP contribution in [0.2, 0.25) is 0 Å². The number of hydrogen-bond donors (Lipinski definition) is 2. The first kappa shape index (κ1) is 19.4. The molecule has 0 saturated heterocycles. The Morgan fingerprint density at radius 2 is 1.96 bits per heavy atom. The van der Waals surface area contributed by atoms with Crippen molar-refractivity contribution in [2.75, 3.05) is 19.6 Å². The van der Waals surface area contributed by atoms with Gasteiger partial charge in [0.2, 0.25) is 0 Å². The summed E-state index contributed by atoms with van der Waals surface area (Å²) in [6, 6.07) is 6.62. The van der Waals surface area contributed by atoms with Crippen LogP contribution in [-0.2, 0) is 12.8 Å². The number of aliphatic imine (C=N–C) groups is 1. The van der Waals surface area contributed by atoms with Crippen molar-refractivity contribution < 1.29 is 4.39 Å². The summed E-state index contributed by atoms with van der Waals surface area (Å²) in [7, 11) is 0. The maximum Gasteiger partial charge on any atom is 0.191 e. The summed E-state index contributed by atoms with van der Waals surface area (Å²) in [5, 5.41) is 9.88. The van der Waals surface area contributed by atoms with Gasteiger partial charge in [0.05, 0.1) is 10.7 Å². The van der Waals surface area contributed by atoms with Gasteiger partial charge in [-0.25, -0.2) is 9.37 Å². The molecule has 4 nitrogen and oxygen atoms in total. The fourth-order valence-electron chi connectivity index (χ4n) is 2.30. The number of thiazole rings is 1. The Morgan fingerprint density at radius 1 is 1.20 bits per heavy atom. The zero-order valence-corrected chi connectivity index (χ0v) is 16.0. The molecule has 2 N–H and O–H groups in total. The van der Waals surface area contributed by atoms with Crippen LogP contribution < -0.4 is 10.6 Å². The predicted octanol–water partition coefficient (Wildman–Crippen LogP) is 3.75. The number of nitrogens with one attached hydrogen (secondary N) is 2. The molecule has 2 aromatic rings. The molecule has 0 aliphatic heterocycles. The highest BCUT2D eigenvalue weighted by Crippen LogP contribution is 2.19. The Morgan fingerprint density at radius 3 is 2.60 bits per heavy atom. The molecule has 0 amide bonds. The fraction of sp³-hybridized carbons (Fsp3) is 0.474. The van der Waals surface area contributed by atoms with Crippen molar-refractivity contribution in [3.63, 3.8) is 0 Å². The molecule has 0 spiro atoms. The summed E-state index contributed by atoms with van der Waals surface area (Å²) in [5.74, 6) is 1.09. The van der Waals surface area contributed by atoms with Gasteiger partial charge in [-0.2, -0.15) is 0 Å². The highest BCUT2D eigenvalue weighted by molar-refractivity contribution is 7.09. The standard InChI is InChI=1S/C19H27FN4S/c1-4-21-19(22-11-9-15-5-7-16(20)8-6-15)23-12-10-17-13-25-18(24-17)14(2)3/h5-8,13-14H,4,9-12H2,1-3H3,(H2,21,22,23). The Labute approximate surface area is 153 Å². The largest absolute Gasteiger partial charge is 0.357 e. The molecule has 2 rings (SSSR count). The Hall–Kier alpha value is -1.95. The average Bonchev–Trinajstić information content (AvgIpc) is 3.06. The first-order chi connectivity index (χ1) is 12.1. The van der Waals surface area contributed by atoms with E-state index in [9.17, 15) is 4.39 Å². The molecule has 1 aromatic carbocycles. The summed E-state index contributed by atoms with van der Waals surface area (Å²) in [6.07, 6.45) is 1.67. The maximum absolute atomic E-state index is 12.9. The van der Waals surface area contributed by atoms with Gasteiger partial charge in [0.15, 0.2) is 5.96 Å². The molecule has 0 radical (unpaired) electrons. The zero-order chi connectivity index (χ0) is 18.1. The molecule has 1 heterocycles. The molecule has 0 aliphatic carbocycles. The molecule has 136 valence electrons. The normalized spacial score (nSPS) is 11.8. The van der Waals surface area contributed by atoms with Crippen LogP contribution >= 0.6 is 11.3 Å². The lowest BCUT2D eigenvalue weighted by molar-refractivity contribution is 0.626. The van der Waals surface area contributed by atoms with Gasteiger partial charge in [0, 0.05) is 37.4 Å². The molecule has 6 heteroatoms. The van der Waals surface area contributed by atoms with E-state index in [0.717, 1.165) is 43.1 Å². The van der Waals surface area contributed by atoms with E-state index < -0.39 is 0 Å². The summed E-state index contributed by atoms with van der Waals surface area (Å²) in [4.78, 5) is 9.25. The molecule has 25 heavy (non-hydrogen) atoms. The number of aromatic nitrogens is 1. The van der Waals surface area contributed by atoms with Gasteiger partial charge in [-0.1, -0.05) is 26.0 Å². The van der Waals surface area contributed by atoms with Crippen LogP contribution in [0.1, 0.15) is 43.0 Å². The lowest BCUT2D eigenvalue weighted by Crippen LogP contribution is -2.38. The van der Waals surface area contributed by atoms with Gasteiger partial charge >= 0.3 is 0 Å². The van der Waals surface area contributed by atoms with Crippen molar-refractivity contribution >= 4 is 17.3 Å². The van der Waals surface area contributed by atoms with Crippen molar-refractivity contribution in [2.24, 2.45) is 4.99 Å². The van der Waals surface area contributed by atoms with Crippen molar-refractivity contribution in [3.8, 4) is 0 Å². The Kier molecular flexibility index (Phi) is 7.85. The van der Waals surface area contributed by atoms with Gasteiger partial charge in [0.1, 0.15) is 5.82 Å². The van der Waals surface area contributed by atoms with Crippen LogP contribution in [0.4, 0.5) is 4.39 Å². The summed E-state index contributed by atoms with van der Waals surface area (Å²) < 4.78 is 12.9. The molecule has 0 aliphatic rings.